The lowest BCUT2D eigenvalue weighted by atomic mass is 10.2. The van der Waals surface area contributed by atoms with Crippen LogP contribution in [0.25, 0.3) is 0 Å². The Balaban J connectivity index is 2.08. The quantitative estimate of drug-likeness (QED) is 0.514. The molecule has 15 heavy (non-hydrogen) atoms. The lowest BCUT2D eigenvalue weighted by molar-refractivity contribution is 0.0328. The second-order valence-electron chi connectivity index (χ2n) is 4.06. The Morgan fingerprint density at radius 3 is 2.67 bits per heavy atom. The van der Waals surface area contributed by atoms with Gasteiger partial charge in [0.1, 0.15) is 0 Å². The molecule has 0 amide bonds. The predicted octanol–water partition coefficient (Wildman–Crippen LogP) is -1.35. The minimum Gasteiger partial charge on any atom is -0.394 e. The van der Waals surface area contributed by atoms with Gasteiger partial charge in [-0.1, -0.05) is 0 Å². The normalized spacial score (nSPS) is 22.6. The standard InChI is InChI=1S/C10H22N2O3/c1-9(11-6-10(14)8-13)7-12-2-4-15-5-3-12/h9-11,13-14H,2-8H2,1H3/t9?,10-/m0/s1. The Bertz CT molecular complexity index is 163. The van der Waals surface area contributed by atoms with Crippen LogP contribution >= 0.6 is 0 Å². The van der Waals surface area contributed by atoms with Gasteiger partial charge in [0.2, 0.25) is 0 Å². The number of nitrogens with zero attached hydrogens (tertiary/aromatic N) is 1. The van der Waals surface area contributed by atoms with Crippen LogP contribution in [0.2, 0.25) is 0 Å². The van der Waals surface area contributed by atoms with Crippen molar-refractivity contribution in [3.8, 4) is 0 Å². The topological polar surface area (TPSA) is 65.0 Å². The van der Waals surface area contributed by atoms with Crippen LogP contribution in [0.4, 0.5) is 0 Å². The van der Waals surface area contributed by atoms with Crippen LogP contribution in [0.1, 0.15) is 6.92 Å². The summed E-state index contributed by atoms with van der Waals surface area (Å²) in [5.41, 5.74) is 0. The van der Waals surface area contributed by atoms with Gasteiger partial charge in [0.05, 0.1) is 25.9 Å². The molecule has 0 aliphatic carbocycles. The van der Waals surface area contributed by atoms with Crippen molar-refractivity contribution in [3.05, 3.63) is 0 Å². The smallest absolute Gasteiger partial charge is 0.0895 e. The molecule has 90 valence electrons. The summed E-state index contributed by atoms with van der Waals surface area (Å²) in [4.78, 5) is 2.34. The van der Waals surface area contributed by atoms with E-state index in [1.54, 1.807) is 0 Å². The zero-order valence-electron chi connectivity index (χ0n) is 9.35. The number of aliphatic hydroxyl groups excluding tert-OH is 2. The van der Waals surface area contributed by atoms with Gasteiger partial charge in [0.25, 0.3) is 0 Å². The molecule has 1 heterocycles. The molecule has 1 unspecified atom stereocenters. The van der Waals surface area contributed by atoms with Crippen LogP contribution in [0.15, 0.2) is 0 Å². The van der Waals surface area contributed by atoms with E-state index < -0.39 is 6.10 Å². The molecule has 0 aromatic carbocycles. The van der Waals surface area contributed by atoms with E-state index in [0.29, 0.717) is 12.6 Å². The van der Waals surface area contributed by atoms with E-state index in [9.17, 15) is 0 Å². The maximum absolute atomic E-state index is 9.17. The second kappa shape index (κ2) is 7.14. The zero-order valence-corrected chi connectivity index (χ0v) is 9.35. The van der Waals surface area contributed by atoms with E-state index >= 15 is 0 Å². The summed E-state index contributed by atoms with van der Waals surface area (Å²) in [5, 5.41) is 21.0. The first-order valence-electron chi connectivity index (χ1n) is 5.54. The molecular weight excluding hydrogens is 196 g/mol. The zero-order chi connectivity index (χ0) is 11.1. The van der Waals surface area contributed by atoms with Crippen molar-refractivity contribution in [3.63, 3.8) is 0 Å². The van der Waals surface area contributed by atoms with Crippen molar-refractivity contribution in [2.75, 3.05) is 46.0 Å². The fraction of sp³-hybridized carbons (Fsp3) is 1.00. The van der Waals surface area contributed by atoms with E-state index in [-0.39, 0.29) is 6.61 Å². The summed E-state index contributed by atoms with van der Waals surface area (Å²) in [7, 11) is 0. The lowest BCUT2D eigenvalue weighted by Gasteiger charge is -2.29. The number of morpholine rings is 1. The average molecular weight is 218 g/mol. The van der Waals surface area contributed by atoms with Gasteiger partial charge in [-0.3, -0.25) is 4.90 Å². The van der Waals surface area contributed by atoms with Gasteiger partial charge in [-0.15, -0.1) is 0 Å². The molecule has 0 bridgehead atoms. The highest BCUT2D eigenvalue weighted by Gasteiger charge is 2.13. The summed E-state index contributed by atoms with van der Waals surface area (Å²) in [6.07, 6.45) is -0.655. The van der Waals surface area contributed by atoms with E-state index in [1.165, 1.54) is 0 Å². The number of hydrogen-bond donors (Lipinski definition) is 3. The van der Waals surface area contributed by atoms with Gasteiger partial charge < -0.3 is 20.3 Å². The van der Waals surface area contributed by atoms with Crippen molar-refractivity contribution in [1.82, 2.24) is 10.2 Å². The van der Waals surface area contributed by atoms with Crippen molar-refractivity contribution >= 4 is 0 Å². The van der Waals surface area contributed by atoms with E-state index in [2.05, 4.69) is 17.1 Å². The molecule has 5 nitrogen and oxygen atoms in total. The van der Waals surface area contributed by atoms with Crippen LogP contribution < -0.4 is 5.32 Å². The predicted molar refractivity (Wildman–Crippen MR) is 57.8 cm³/mol. The first-order chi connectivity index (χ1) is 7.22. The van der Waals surface area contributed by atoms with Crippen LogP contribution in [0, 0.1) is 0 Å². The lowest BCUT2D eigenvalue weighted by Crippen LogP contribution is -2.46. The van der Waals surface area contributed by atoms with Gasteiger partial charge in [-0.25, -0.2) is 0 Å². The SMILES string of the molecule is CC(CN1CCOCC1)NC[C@H](O)CO. The Kier molecular flexibility index (Phi) is 6.12. The minimum absolute atomic E-state index is 0.183. The molecule has 0 aromatic heterocycles. The molecule has 0 radical (unpaired) electrons. The summed E-state index contributed by atoms with van der Waals surface area (Å²) >= 11 is 0. The fourth-order valence-electron chi connectivity index (χ4n) is 1.64. The molecule has 5 heteroatoms. The summed E-state index contributed by atoms with van der Waals surface area (Å²) in [6, 6.07) is 0.323. The average Bonchev–Trinajstić information content (AvgIpc) is 2.27. The minimum atomic E-state index is -0.655. The summed E-state index contributed by atoms with van der Waals surface area (Å²) in [5.74, 6) is 0. The van der Waals surface area contributed by atoms with E-state index in [0.717, 1.165) is 32.8 Å². The van der Waals surface area contributed by atoms with Crippen molar-refractivity contribution in [2.24, 2.45) is 0 Å². The third-order valence-electron chi connectivity index (χ3n) is 2.55. The fourth-order valence-corrected chi connectivity index (χ4v) is 1.64. The molecule has 3 N–H and O–H groups in total. The maximum Gasteiger partial charge on any atom is 0.0895 e. The van der Waals surface area contributed by atoms with Gasteiger partial charge >= 0.3 is 0 Å². The molecule has 1 aliphatic rings. The van der Waals surface area contributed by atoms with Crippen LogP contribution in [0.3, 0.4) is 0 Å². The Morgan fingerprint density at radius 2 is 2.07 bits per heavy atom. The summed E-state index contributed by atoms with van der Waals surface area (Å²) in [6.45, 7) is 6.89. The number of aliphatic hydroxyl groups is 2. The van der Waals surface area contributed by atoms with Gasteiger partial charge in [-0.05, 0) is 6.92 Å². The highest BCUT2D eigenvalue weighted by molar-refractivity contribution is 4.71. The van der Waals surface area contributed by atoms with Gasteiger partial charge in [-0.2, -0.15) is 0 Å². The molecule has 0 aromatic rings. The molecule has 1 saturated heterocycles. The van der Waals surface area contributed by atoms with E-state index in [1.807, 2.05) is 0 Å². The first kappa shape index (κ1) is 12.9. The summed E-state index contributed by atoms with van der Waals surface area (Å²) < 4.78 is 5.26. The number of ether oxygens (including phenoxy) is 1. The van der Waals surface area contributed by atoms with Crippen LogP contribution in [-0.2, 0) is 4.74 Å². The number of rotatable bonds is 6. The molecular formula is C10H22N2O3. The number of hydrogen-bond acceptors (Lipinski definition) is 5. The van der Waals surface area contributed by atoms with Crippen molar-refractivity contribution in [1.29, 1.82) is 0 Å². The highest BCUT2D eigenvalue weighted by Crippen LogP contribution is 1.98. The Hall–Kier alpha value is -0.200. The van der Waals surface area contributed by atoms with Crippen molar-refractivity contribution in [2.45, 2.75) is 19.1 Å². The largest absolute Gasteiger partial charge is 0.394 e. The second-order valence-corrected chi connectivity index (χ2v) is 4.06. The molecule has 2 atom stereocenters. The Labute approximate surface area is 91.0 Å². The molecule has 0 spiro atoms. The molecule has 1 aliphatic heterocycles. The molecule has 1 fully saturated rings. The van der Waals surface area contributed by atoms with Gasteiger partial charge in [0.15, 0.2) is 0 Å². The first-order valence-corrected chi connectivity index (χ1v) is 5.54. The van der Waals surface area contributed by atoms with E-state index in [4.69, 9.17) is 14.9 Å². The van der Waals surface area contributed by atoms with Crippen LogP contribution in [0.5, 0.6) is 0 Å². The Morgan fingerprint density at radius 1 is 1.40 bits per heavy atom. The molecule has 1 rings (SSSR count). The third kappa shape index (κ3) is 5.44. The number of nitrogens with one attached hydrogen (secondary N) is 1. The van der Waals surface area contributed by atoms with Gasteiger partial charge in [0, 0.05) is 32.2 Å². The monoisotopic (exact) mass is 218 g/mol. The van der Waals surface area contributed by atoms with Crippen LogP contribution in [-0.4, -0.2) is 73.3 Å². The highest BCUT2D eigenvalue weighted by atomic mass is 16.5. The van der Waals surface area contributed by atoms with Crippen molar-refractivity contribution < 1.29 is 14.9 Å². The maximum atomic E-state index is 9.17. The third-order valence-corrected chi connectivity index (χ3v) is 2.55. The molecule has 0 saturated carbocycles.